The summed E-state index contributed by atoms with van der Waals surface area (Å²) < 4.78 is 11.7. The van der Waals surface area contributed by atoms with Crippen molar-refractivity contribution >= 4 is 5.91 Å². The van der Waals surface area contributed by atoms with Gasteiger partial charge in [-0.15, -0.1) is 0 Å². The zero-order chi connectivity index (χ0) is 18.6. The van der Waals surface area contributed by atoms with Crippen LogP contribution in [0.25, 0.3) is 0 Å². The van der Waals surface area contributed by atoms with Crippen molar-refractivity contribution in [2.24, 2.45) is 0 Å². The molecule has 0 fully saturated rings. The summed E-state index contributed by atoms with van der Waals surface area (Å²) >= 11 is 0. The number of hydrogen-bond donors (Lipinski definition) is 1. The number of aryl methyl sites for hydroxylation is 1. The molecule has 0 aliphatic carbocycles. The molecule has 26 heavy (non-hydrogen) atoms. The highest BCUT2D eigenvalue weighted by molar-refractivity contribution is 5.76. The summed E-state index contributed by atoms with van der Waals surface area (Å²) in [4.78, 5) is 12.4. The van der Waals surface area contributed by atoms with Crippen molar-refractivity contribution in [1.29, 1.82) is 0 Å². The van der Waals surface area contributed by atoms with E-state index in [0.29, 0.717) is 19.4 Å². The first-order valence-corrected chi connectivity index (χ1v) is 9.20. The zero-order valence-corrected chi connectivity index (χ0v) is 15.7. The number of rotatable bonds is 6. The average molecular weight is 353 g/mol. The molecule has 4 heteroatoms. The standard InChI is InChI=1S/C22H27NO3/c1-16-11-12-20-18(14-16)19(15-22(2,3)26-20)23-21(24)10-7-13-25-17-8-5-4-6-9-17/h4-6,8-9,11-12,14,19H,7,10,13,15H2,1-3H3,(H,23,24)/t19-/m0/s1. The molecule has 1 heterocycles. The minimum Gasteiger partial charge on any atom is -0.494 e. The lowest BCUT2D eigenvalue weighted by Gasteiger charge is -2.38. The molecule has 0 bridgehead atoms. The van der Waals surface area contributed by atoms with E-state index in [2.05, 4.69) is 32.2 Å². The van der Waals surface area contributed by atoms with E-state index in [-0.39, 0.29) is 17.6 Å². The summed E-state index contributed by atoms with van der Waals surface area (Å²) in [5.41, 5.74) is 1.94. The van der Waals surface area contributed by atoms with Gasteiger partial charge in [-0.3, -0.25) is 4.79 Å². The number of ether oxygens (including phenoxy) is 2. The Hall–Kier alpha value is -2.49. The van der Waals surface area contributed by atoms with E-state index in [1.807, 2.05) is 42.5 Å². The van der Waals surface area contributed by atoms with Crippen molar-refractivity contribution in [2.45, 2.75) is 51.7 Å². The number of fused-ring (bicyclic) bond motifs is 1. The average Bonchev–Trinajstić information content (AvgIpc) is 2.60. The molecule has 138 valence electrons. The Morgan fingerprint density at radius 2 is 2.00 bits per heavy atom. The van der Waals surface area contributed by atoms with E-state index < -0.39 is 0 Å². The van der Waals surface area contributed by atoms with Crippen molar-refractivity contribution in [3.63, 3.8) is 0 Å². The van der Waals surface area contributed by atoms with Gasteiger partial charge in [-0.25, -0.2) is 0 Å². The molecule has 2 aromatic rings. The van der Waals surface area contributed by atoms with Gasteiger partial charge in [0.05, 0.1) is 12.6 Å². The molecular weight excluding hydrogens is 326 g/mol. The van der Waals surface area contributed by atoms with Crippen LogP contribution in [0.15, 0.2) is 48.5 Å². The monoisotopic (exact) mass is 353 g/mol. The van der Waals surface area contributed by atoms with E-state index in [9.17, 15) is 4.79 Å². The van der Waals surface area contributed by atoms with E-state index >= 15 is 0 Å². The van der Waals surface area contributed by atoms with Gasteiger partial charge < -0.3 is 14.8 Å². The molecule has 1 N–H and O–H groups in total. The van der Waals surface area contributed by atoms with Crippen LogP contribution < -0.4 is 14.8 Å². The minimum absolute atomic E-state index is 0.0174. The fraction of sp³-hybridized carbons (Fsp3) is 0.409. The van der Waals surface area contributed by atoms with Gasteiger partial charge in [0.2, 0.25) is 5.91 Å². The fourth-order valence-electron chi connectivity index (χ4n) is 3.31. The lowest BCUT2D eigenvalue weighted by molar-refractivity contribution is -0.122. The molecule has 3 rings (SSSR count). The Bertz CT molecular complexity index is 755. The van der Waals surface area contributed by atoms with Crippen LogP contribution in [-0.4, -0.2) is 18.1 Å². The summed E-state index contributed by atoms with van der Waals surface area (Å²) in [7, 11) is 0. The van der Waals surface area contributed by atoms with Crippen LogP contribution in [0.4, 0.5) is 0 Å². The van der Waals surface area contributed by atoms with Crippen LogP contribution in [0.5, 0.6) is 11.5 Å². The highest BCUT2D eigenvalue weighted by Crippen LogP contribution is 2.39. The second-order valence-electron chi connectivity index (χ2n) is 7.49. The molecule has 0 saturated carbocycles. The quantitative estimate of drug-likeness (QED) is 0.774. The van der Waals surface area contributed by atoms with Gasteiger partial charge in [0.15, 0.2) is 0 Å². The molecule has 1 aliphatic heterocycles. The smallest absolute Gasteiger partial charge is 0.220 e. The minimum atomic E-state index is -0.295. The van der Waals surface area contributed by atoms with Gasteiger partial charge in [0, 0.05) is 18.4 Å². The third-order valence-corrected chi connectivity index (χ3v) is 4.52. The molecule has 4 nitrogen and oxygen atoms in total. The maximum absolute atomic E-state index is 12.4. The van der Waals surface area contributed by atoms with Gasteiger partial charge in [-0.05, 0) is 45.4 Å². The van der Waals surface area contributed by atoms with Crippen molar-refractivity contribution < 1.29 is 14.3 Å². The number of benzene rings is 2. The molecule has 0 saturated heterocycles. The molecule has 0 aromatic heterocycles. The maximum atomic E-state index is 12.4. The molecule has 0 spiro atoms. The largest absolute Gasteiger partial charge is 0.494 e. The third-order valence-electron chi connectivity index (χ3n) is 4.52. The lowest BCUT2D eigenvalue weighted by atomic mass is 9.89. The predicted molar refractivity (Wildman–Crippen MR) is 103 cm³/mol. The molecule has 0 unspecified atom stereocenters. The Balaban J connectivity index is 1.54. The molecular formula is C22H27NO3. The molecule has 1 aliphatic rings. The molecule has 1 amide bonds. The van der Waals surface area contributed by atoms with Crippen LogP contribution in [-0.2, 0) is 4.79 Å². The fourth-order valence-corrected chi connectivity index (χ4v) is 3.31. The molecule has 1 atom stereocenters. The first kappa shape index (κ1) is 18.3. The van der Waals surface area contributed by atoms with E-state index in [1.54, 1.807) is 0 Å². The maximum Gasteiger partial charge on any atom is 0.220 e. The predicted octanol–water partition coefficient (Wildman–Crippen LogP) is 4.57. The van der Waals surface area contributed by atoms with Crippen molar-refractivity contribution in [3.05, 3.63) is 59.7 Å². The lowest BCUT2D eigenvalue weighted by Crippen LogP contribution is -2.41. The van der Waals surface area contributed by atoms with Gasteiger partial charge in [0.1, 0.15) is 17.1 Å². The third kappa shape index (κ3) is 4.78. The van der Waals surface area contributed by atoms with E-state index in [0.717, 1.165) is 23.5 Å². The summed E-state index contributed by atoms with van der Waals surface area (Å²) in [6.07, 6.45) is 1.90. The second-order valence-corrected chi connectivity index (χ2v) is 7.49. The zero-order valence-electron chi connectivity index (χ0n) is 15.7. The second kappa shape index (κ2) is 7.81. The molecule has 2 aromatic carbocycles. The Morgan fingerprint density at radius 3 is 2.77 bits per heavy atom. The first-order valence-electron chi connectivity index (χ1n) is 9.20. The SMILES string of the molecule is Cc1ccc2c(c1)[C@@H](NC(=O)CCCOc1ccccc1)CC(C)(C)O2. The first-order chi connectivity index (χ1) is 12.4. The number of para-hydroxylation sites is 1. The van der Waals surface area contributed by atoms with Crippen molar-refractivity contribution in [3.8, 4) is 11.5 Å². The number of amides is 1. The topological polar surface area (TPSA) is 47.6 Å². The van der Waals surface area contributed by atoms with E-state index in [1.165, 1.54) is 5.56 Å². The van der Waals surface area contributed by atoms with Crippen molar-refractivity contribution in [1.82, 2.24) is 5.32 Å². The van der Waals surface area contributed by atoms with Gasteiger partial charge in [-0.2, -0.15) is 0 Å². The van der Waals surface area contributed by atoms with Crippen LogP contribution in [0, 0.1) is 6.92 Å². The number of nitrogens with one attached hydrogen (secondary N) is 1. The Kier molecular flexibility index (Phi) is 5.50. The summed E-state index contributed by atoms with van der Waals surface area (Å²) in [5.74, 6) is 1.75. The highest BCUT2D eigenvalue weighted by atomic mass is 16.5. The Labute approximate surface area is 155 Å². The Morgan fingerprint density at radius 1 is 1.23 bits per heavy atom. The highest BCUT2D eigenvalue weighted by Gasteiger charge is 2.34. The van der Waals surface area contributed by atoms with Crippen LogP contribution in [0.3, 0.4) is 0 Å². The summed E-state index contributed by atoms with van der Waals surface area (Å²) in [6.45, 7) is 6.71. The van der Waals surface area contributed by atoms with E-state index in [4.69, 9.17) is 9.47 Å². The van der Waals surface area contributed by atoms with Crippen LogP contribution in [0.1, 0.15) is 50.3 Å². The summed E-state index contributed by atoms with van der Waals surface area (Å²) in [6, 6.07) is 15.8. The normalized spacial score (nSPS) is 17.7. The molecule has 0 radical (unpaired) electrons. The number of carbonyl (C=O) groups excluding carboxylic acids is 1. The number of hydrogen-bond acceptors (Lipinski definition) is 3. The van der Waals surface area contributed by atoms with Gasteiger partial charge in [0.25, 0.3) is 0 Å². The van der Waals surface area contributed by atoms with Crippen LogP contribution >= 0.6 is 0 Å². The van der Waals surface area contributed by atoms with Crippen LogP contribution in [0.2, 0.25) is 0 Å². The van der Waals surface area contributed by atoms with Crippen molar-refractivity contribution in [2.75, 3.05) is 6.61 Å². The van der Waals surface area contributed by atoms with Gasteiger partial charge in [-0.1, -0.05) is 35.9 Å². The summed E-state index contributed by atoms with van der Waals surface area (Å²) in [5, 5.41) is 3.18. The number of carbonyl (C=O) groups is 1. The van der Waals surface area contributed by atoms with Gasteiger partial charge >= 0.3 is 0 Å².